The third-order valence-electron chi connectivity index (χ3n) is 2.65. The number of nitrogens with zero attached hydrogens (tertiary/aromatic N) is 4. The number of allylic oxidation sites excluding steroid dienone is 2. The van der Waals surface area contributed by atoms with Gasteiger partial charge in [-0.2, -0.15) is 9.78 Å². The summed E-state index contributed by atoms with van der Waals surface area (Å²) in [5.74, 6) is 0.727. The summed E-state index contributed by atoms with van der Waals surface area (Å²) in [4.78, 5) is 19.9. The first-order valence-corrected chi connectivity index (χ1v) is 5.52. The van der Waals surface area contributed by atoms with Crippen LogP contribution in [0.4, 0.5) is 5.69 Å². The largest absolute Gasteiger partial charge is 0.286 e. The molecule has 1 aliphatic rings. The quantitative estimate of drug-likeness (QED) is 0.762. The van der Waals surface area contributed by atoms with Gasteiger partial charge in [-0.15, -0.1) is 0 Å². The van der Waals surface area contributed by atoms with E-state index >= 15 is 0 Å². The number of hydrogen-bond donors (Lipinski definition) is 0. The first kappa shape index (κ1) is 10.6. The molecule has 0 fully saturated rings. The topological polar surface area (TPSA) is 60.1 Å². The number of aryl methyl sites for hydroxylation is 1. The summed E-state index contributed by atoms with van der Waals surface area (Å²) in [6, 6.07) is 7.81. The fraction of sp³-hybridized carbons (Fsp3) is 0.0769. The Kier molecular flexibility index (Phi) is 2.37. The van der Waals surface area contributed by atoms with Gasteiger partial charge in [0.25, 0.3) is 0 Å². The van der Waals surface area contributed by atoms with Crippen molar-refractivity contribution in [3.63, 3.8) is 0 Å². The number of benzene rings is 1. The molecular weight excluding hydrogens is 228 g/mol. The van der Waals surface area contributed by atoms with Crippen molar-refractivity contribution in [1.29, 1.82) is 0 Å². The van der Waals surface area contributed by atoms with Crippen LogP contribution in [0, 0.1) is 6.92 Å². The van der Waals surface area contributed by atoms with E-state index in [0.29, 0.717) is 11.7 Å². The summed E-state index contributed by atoms with van der Waals surface area (Å²) in [7, 11) is 0. The van der Waals surface area contributed by atoms with Crippen molar-refractivity contribution >= 4 is 17.3 Å². The summed E-state index contributed by atoms with van der Waals surface area (Å²) in [5, 5.41) is 4.01. The van der Waals surface area contributed by atoms with E-state index in [4.69, 9.17) is 0 Å². The molecule has 0 spiro atoms. The molecular formula is C13H10N4O. The number of fused-ring (bicyclic) bond motifs is 1. The maximum absolute atomic E-state index is 11.5. The van der Waals surface area contributed by atoms with Crippen molar-refractivity contribution < 1.29 is 4.79 Å². The van der Waals surface area contributed by atoms with Gasteiger partial charge in [-0.3, -0.25) is 4.79 Å². The second-order valence-corrected chi connectivity index (χ2v) is 4.00. The molecule has 0 unspecified atom stereocenters. The fourth-order valence-electron chi connectivity index (χ4n) is 1.71. The number of hydrogen-bond acceptors (Lipinski definition) is 4. The highest BCUT2D eigenvalue weighted by atomic mass is 16.1. The van der Waals surface area contributed by atoms with Crippen molar-refractivity contribution in [3.8, 4) is 0 Å². The van der Waals surface area contributed by atoms with E-state index in [1.165, 1.54) is 22.6 Å². The maximum atomic E-state index is 11.5. The van der Waals surface area contributed by atoms with Crippen LogP contribution in [0.3, 0.4) is 0 Å². The van der Waals surface area contributed by atoms with Crippen LogP contribution in [0.25, 0.3) is 0 Å². The number of aromatic nitrogens is 3. The molecule has 2 heterocycles. The summed E-state index contributed by atoms with van der Waals surface area (Å²) in [6.07, 6.45) is 4.45. The fourth-order valence-corrected chi connectivity index (χ4v) is 1.71. The zero-order valence-electron chi connectivity index (χ0n) is 9.74. The first-order chi connectivity index (χ1) is 8.74. The zero-order valence-corrected chi connectivity index (χ0v) is 9.74. The number of aliphatic imine (C=N–C) groups is 1. The molecule has 0 aliphatic carbocycles. The summed E-state index contributed by atoms with van der Waals surface area (Å²) >= 11 is 0. The van der Waals surface area contributed by atoms with Gasteiger partial charge in [0, 0.05) is 0 Å². The van der Waals surface area contributed by atoms with Crippen LogP contribution in [0.1, 0.15) is 16.2 Å². The Balaban J connectivity index is 2.06. The number of ketones is 1. The van der Waals surface area contributed by atoms with E-state index in [9.17, 15) is 4.79 Å². The number of carbonyl (C=O) groups is 1. The van der Waals surface area contributed by atoms with Crippen molar-refractivity contribution in [2.45, 2.75) is 6.92 Å². The maximum Gasteiger partial charge on any atom is 0.223 e. The molecule has 18 heavy (non-hydrogen) atoms. The average molecular weight is 238 g/mol. The molecule has 5 heteroatoms. The molecule has 88 valence electrons. The number of carbonyl (C=O) groups excluding carboxylic acids is 1. The van der Waals surface area contributed by atoms with Crippen LogP contribution in [-0.2, 0) is 0 Å². The molecule has 1 aliphatic heterocycles. The average Bonchev–Trinajstić information content (AvgIpc) is 2.86. The Morgan fingerprint density at radius 1 is 1.17 bits per heavy atom. The van der Waals surface area contributed by atoms with Gasteiger partial charge in [-0.05, 0) is 31.2 Å². The molecule has 1 aromatic heterocycles. The molecule has 0 N–H and O–H groups in total. The highest BCUT2D eigenvalue weighted by Gasteiger charge is 2.18. The lowest BCUT2D eigenvalue weighted by atomic mass is 10.2. The van der Waals surface area contributed by atoms with E-state index in [0.717, 1.165) is 5.69 Å². The molecule has 1 aromatic carbocycles. The minimum atomic E-state index is -0.157. The molecule has 0 amide bonds. The van der Waals surface area contributed by atoms with E-state index in [-0.39, 0.29) is 5.78 Å². The molecule has 3 rings (SSSR count). The van der Waals surface area contributed by atoms with Crippen LogP contribution in [-0.4, -0.2) is 26.4 Å². The van der Waals surface area contributed by atoms with Gasteiger partial charge in [0.15, 0.2) is 5.84 Å². The van der Waals surface area contributed by atoms with Gasteiger partial charge in [-0.25, -0.2) is 9.98 Å². The third-order valence-corrected chi connectivity index (χ3v) is 2.65. The van der Waals surface area contributed by atoms with Crippen LogP contribution < -0.4 is 0 Å². The summed E-state index contributed by atoms with van der Waals surface area (Å²) < 4.78 is 1.45. The van der Waals surface area contributed by atoms with Gasteiger partial charge in [-0.1, -0.05) is 17.7 Å². The van der Waals surface area contributed by atoms with E-state index in [1.807, 2.05) is 31.2 Å². The highest BCUT2D eigenvalue weighted by molar-refractivity contribution is 6.13. The molecule has 0 atom stereocenters. The second-order valence-electron chi connectivity index (χ2n) is 4.00. The van der Waals surface area contributed by atoms with Crippen molar-refractivity contribution in [3.05, 3.63) is 54.1 Å². The summed E-state index contributed by atoms with van der Waals surface area (Å²) in [5.41, 5.74) is 1.99. The molecule has 2 aromatic rings. The molecule has 0 saturated carbocycles. The van der Waals surface area contributed by atoms with Crippen molar-refractivity contribution in [1.82, 2.24) is 14.8 Å². The van der Waals surface area contributed by atoms with Crippen LogP contribution in [0.2, 0.25) is 0 Å². The standard InChI is InChI=1S/C13H10N4O/c1-9-2-4-10(5-3-9)16-12-7-6-11(18)13-14-8-15-17(12)13/h2-8H,1H3. The van der Waals surface area contributed by atoms with E-state index in [1.54, 1.807) is 6.08 Å². The lowest BCUT2D eigenvalue weighted by Crippen LogP contribution is -2.21. The summed E-state index contributed by atoms with van der Waals surface area (Å²) in [6.45, 7) is 2.02. The Morgan fingerprint density at radius 2 is 1.94 bits per heavy atom. The van der Waals surface area contributed by atoms with Gasteiger partial charge in [0.1, 0.15) is 6.33 Å². The Morgan fingerprint density at radius 3 is 2.72 bits per heavy atom. The molecule has 5 nitrogen and oxygen atoms in total. The SMILES string of the molecule is Cc1ccc(N=C2C=CC(=O)c3ncnn32)cc1. The molecule has 0 saturated heterocycles. The van der Waals surface area contributed by atoms with Crippen LogP contribution in [0.15, 0.2) is 47.7 Å². The van der Waals surface area contributed by atoms with Gasteiger partial charge < -0.3 is 0 Å². The van der Waals surface area contributed by atoms with Crippen molar-refractivity contribution in [2.24, 2.45) is 4.99 Å². The van der Waals surface area contributed by atoms with Gasteiger partial charge >= 0.3 is 0 Å². The minimum Gasteiger partial charge on any atom is -0.286 e. The van der Waals surface area contributed by atoms with E-state index < -0.39 is 0 Å². The van der Waals surface area contributed by atoms with E-state index in [2.05, 4.69) is 15.1 Å². The predicted molar refractivity (Wildman–Crippen MR) is 67.2 cm³/mol. The predicted octanol–water partition coefficient (Wildman–Crippen LogP) is 1.92. The monoisotopic (exact) mass is 238 g/mol. The Labute approximate surface area is 104 Å². The Bertz CT molecular complexity index is 665. The first-order valence-electron chi connectivity index (χ1n) is 5.52. The second kappa shape index (κ2) is 4.03. The van der Waals surface area contributed by atoms with Gasteiger partial charge in [0.2, 0.25) is 11.6 Å². The molecule has 0 bridgehead atoms. The van der Waals surface area contributed by atoms with Gasteiger partial charge in [0.05, 0.1) is 5.69 Å². The zero-order chi connectivity index (χ0) is 12.5. The van der Waals surface area contributed by atoms with Crippen molar-refractivity contribution in [2.75, 3.05) is 0 Å². The minimum absolute atomic E-state index is 0.157. The lowest BCUT2D eigenvalue weighted by Gasteiger charge is -2.08. The van der Waals surface area contributed by atoms with Crippen LogP contribution in [0.5, 0.6) is 0 Å². The number of rotatable bonds is 1. The normalized spacial score (nSPS) is 16.1. The third kappa shape index (κ3) is 1.75. The Hall–Kier alpha value is -2.56. The van der Waals surface area contributed by atoms with Crippen LogP contribution >= 0.6 is 0 Å². The highest BCUT2D eigenvalue weighted by Crippen LogP contribution is 2.15. The lowest BCUT2D eigenvalue weighted by molar-refractivity contribution is 0.103. The molecule has 0 radical (unpaired) electrons. The smallest absolute Gasteiger partial charge is 0.223 e.